The summed E-state index contributed by atoms with van der Waals surface area (Å²) < 4.78 is 34.1. The van der Waals surface area contributed by atoms with E-state index in [0.717, 1.165) is 18.2 Å². The summed E-state index contributed by atoms with van der Waals surface area (Å²) in [6.45, 7) is 4.99. The molecule has 0 fully saturated rings. The van der Waals surface area contributed by atoms with Crippen molar-refractivity contribution in [2.45, 2.75) is 57.3 Å². The van der Waals surface area contributed by atoms with Crippen molar-refractivity contribution in [2.24, 2.45) is 11.7 Å². The molecule has 9 nitrogen and oxygen atoms in total. The third-order valence-corrected chi connectivity index (χ3v) is 7.27. The number of amides is 1. The number of nitrogens with two attached hydrogens (primary N) is 1. The first-order valence-corrected chi connectivity index (χ1v) is 14.5. The molecule has 0 bridgehead atoms. The highest BCUT2D eigenvalue weighted by molar-refractivity contribution is 7.90. The molecule has 0 saturated carbocycles. The number of sulfone groups is 1. The lowest BCUT2D eigenvalue weighted by Crippen LogP contribution is -2.50. The van der Waals surface area contributed by atoms with Crippen molar-refractivity contribution in [3.8, 4) is 0 Å². The average molecular weight is 532 g/mol. The van der Waals surface area contributed by atoms with Crippen molar-refractivity contribution in [1.82, 2.24) is 10.6 Å². The lowest BCUT2D eigenvalue weighted by atomic mass is 9.99. The van der Waals surface area contributed by atoms with E-state index in [9.17, 15) is 18.0 Å². The first-order valence-electron chi connectivity index (χ1n) is 11.8. The Morgan fingerprint density at radius 3 is 2.40 bits per heavy atom. The maximum absolute atomic E-state index is 13.2. The Hall–Kier alpha value is -1.66. The van der Waals surface area contributed by atoms with Crippen LogP contribution in [0.4, 0.5) is 0 Å². The SMILES string of the molecule is CCC(C)C(COC(Cc1ccccc1)C(=O)NC(CCS(C)(=O)=O)C(=O)OC)NCC(N)CS. The maximum atomic E-state index is 13.2. The number of nitrogens with one attached hydrogen (secondary N) is 2. The van der Waals surface area contributed by atoms with E-state index in [4.69, 9.17) is 15.2 Å². The number of methoxy groups -OCH3 is 1. The molecule has 11 heteroatoms. The van der Waals surface area contributed by atoms with Crippen LogP contribution in [0.25, 0.3) is 0 Å². The van der Waals surface area contributed by atoms with Crippen LogP contribution in [-0.2, 0) is 35.3 Å². The predicted octanol–water partition coefficient (Wildman–Crippen LogP) is 0.968. The topological polar surface area (TPSA) is 137 Å². The summed E-state index contributed by atoms with van der Waals surface area (Å²) in [5, 5.41) is 6.05. The Bertz CT molecular complexity index is 869. The Morgan fingerprint density at radius 1 is 1.20 bits per heavy atom. The number of benzene rings is 1. The zero-order valence-corrected chi connectivity index (χ0v) is 22.8. The summed E-state index contributed by atoms with van der Waals surface area (Å²) in [5.41, 5.74) is 6.89. The molecule has 0 heterocycles. The summed E-state index contributed by atoms with van der Waals surface area (Å²) in [4.78, 5) is 25.4. The minimum Gasteiger partial charge on any atom is -0.467 e. The molecule has 0 aromatic heterocycles. The fraction of sp³-hybridized carbons (Fsp3) is 0.667. The van der Waals surface area contributed by atoms with E-state index in [2.05, 4.69) is 37.1 Å². The van der Waals surface area contributed by atoms with Gasteiger partial charge in [0.15, 0.2) is 0 Å². The Kier molecular flexibility index (Phi) is 14.5. The van der Waals surface area contributed by atoms with Crippen LogP contribution < -0.4 is 16.4 Å². The lowest BCUT2D eigenvalue weighted by Gasteiger charge is -2.28. The van der Waals surface area contributed by atoms with E-state index in [1.165, 1.54) is 7.11 Å². The van der Waals surface area contributed by atoms with Crippen molar-refractivity contribution in [3.05, 3.63) is 35.9 Å². The van der Waals surface area contributed by atoms with Gasteiger partial charge >= 0.3 is 5.97 Å². The van der Waals surface area contributed by atoms with Crippen LogP contribution in [0.1, 0.15) is 32.3 Å². The molecule has 1 aromatic carbocycles. The molecule has 1 aromatic rings. The van der Waals surface area contributed by atoms with Gasteiger partial charge in [0.05, 0.1) is 19.5 Å². The fourth-order valence-corrected chi connectivity index (χ4v) is 4.13. The summed E-state index contributed by atoms with van der Waals surface area (Å²) in [6, 6.07) is 8.16. The van der Waals surface area contributed by atoms with Gasteiger partial charge in [-0.3, -0.25) is 4.79 Å². The molecule has 0 saturated heterocycles. The van der Waals surface area contributed by atoms with Crippen molar-refractivity contribution in [3.63, 3.8) is 0 Å². The minimum absolute atomic E-state index is 0.0429. The van der Waals surface area contributed by atoms with E-state index in [0.29, 0.717) is 12.3 Å². The van der Waals surface area contributed by atoms with E-state index in [1.54, 1.807) is 0 Å². The second-order valence-electron chi connectivity index (χ2n) is 8.86. The fourth-order valence-electron chi connectivity index (χ4n) is 3.34. The van der Waals surface area contributed by atoms with E-state index < -0.39 is 33.9 Å². The first-order chi connectivity index (χ1) is 16.5. The zero-order chi connectivity index (χ0) is 26.4. The first kappa shape index (κ1) is 31.4. The molecule has 5 atom stereocenters. The highest BCUT2D eigenvalue weighted by Crippen LogP contribution is 2.13. The number of rotatable bonds is 17. The Morgan fingerprint density at radius 2 is 1.86 bits per heavy atom. The molecule has 35 heavy (non-hydrogen) atoms. The molecule has 0 radical (unpaired) electrons. The Labute approximate surface area is 215 Å². The van der Waals surface area contributed by atoms with Crippen LogP contribution in [0.15, 0.2) is 30.3 Å². The van der Waals surface area contributed by atoms with Gasteiger partial charge in [0, 0.05) is 37.1 Å². The molecule has 0 aliphatic carbocycles. The van der Waals surface area contributed by atoms with Crippen LogP contribution >= 0.6 is 12.6 Å². The normalized spacial score (nSPS) is 16.1. The Balaban J connectivity index is 3.02. The molecule has 0 spiro atoms. The van der Waals surface area contributed by atoms with Gasteiger partial charge in [-0.2, -0.15) is 12.6 Å². The molecule has 0 aliphatic rings. The van der Waals surface area contributed by atoms with Crippen molar-refractivity contribution in [1.29, 1.82) is 0 Å². The average Bonchev–Trinajstić information content (AvgIpc) is 2.84. The molecule has 4 N–H and O–H groups in total. The monoisotopic (exact) mass is 531 g/mol. The maximum Gasteiger partial charge on any atom is 0.328 e. The van der Waals surface area contributed by atoms with Gasteiger partial charge in [-0.25, -0.2) is 13.2 Å². The van der Waals surface area contributed by atoms with Crippen molar-refractivity contribution >= 4 is 34.3 Å². The van der Waals surface area contributed by atoms with E-state index >= 15 is 0 Å². The standard InChI is InChI=1S/C24H41N3O6S2/c1-5-17(2)21(26-14-19(25)16-34)15-33-22(13-18-9-7-6-8-10-18)23(28)27-20(24(29)32-3)11-12-35(4,30)31/h6-10,17,19-22,26,34H,5,11-16,25H2,1-4H3,(H,27,28). The van der Waals surface area contributed by atoms with Crippen LogP contribution in [0.2, 0.25) is 0 Å². The summed E-state index contributed by atoms with van der Waals surface area (Å²) in [6.07, 6.45) is 1.29. The lowest BCUT2D eigenvalue weighted by molar-refractivity contribution is -0.147. The summed E-state index contributed by atoms with van der Waals surface area (Å²) >= 11 is 4.23. The van der Waals surface area contributed by atoms with Gasteiger partial charge in [-0.1, -0.05) is 50.6 Å². The number of carbonyl (C=O) groups is 2. The second kappa shape index (κ2) is 16.2. The van der Waals surface area contributed by atoms with Crippen LogP contribution in [-0.4, -0.2) is 82.5 Å². The van der Waals surface area contributed by atoms with Gasteiger partial charge in [0.25, 0.3) is 0 Å². The molecule has 200 valence electrons. The van der Waals surface area contributed by atoms with Gasteiger partial charge in [-0.05, 0) is 17.9 Å². The minimum atomic E-state index is -3.33. The number of carbonyl (C=O) groups excluding carboxylic acids is 2. The van der Waals surface area contributed by atoms with Gasteiger partial charge < -0.3 is 25.8 Å². The summed E-state index contributed by atoms with van der Waals surface area (Å²) in [5.74, 6) is -0.668. The third kappa shape index (κ3) is 12.7. The van der Waals surface area contributed by atoms with Gasteiger partial charge in [0.2, 0.25) is 5.91 Å². The summed E-state index contributed by atoms with van der Waals surface area (Å²) in [7, 11) is -2.14. The number of hydrogen-bond donors (Lipinski definition) is 4. The molecule has 1 amide bonds. The van der Waals surface area contributed by atoms with Crippen LogP contribution in [0.3, 0.4) is 0 Å². The largest absolute Gasteiger partial charge is 0.467 e. The number of esters is 1. The molecule has 1 rings (SSSR count). The highest BCUT2D eigenvalue weighted by Gasteiger charge is 2.29. The second-order valence-corrected chi connectivity index (χ2v) is 11.5. The quantitative estimate of drug-likeness (QED) is 0.172. The zero-order valence-electron chi connectivity index (χ0n) is 21.1. The third-order valence-electron chi connectivity index (χ3n) is 5.82. The highest BCUT2D eigenvalue weighted by atomic mass is 32.2. The molecule has 5 unspecified atom stereocenters. The molecular formula is C24H41N3O6S2. The van der Waals surface area contributed by atoms with Crippen LogP contribution in [0, 0.1) is 5.92 Å². The molecule has 0 aliphatic heterocycles. The smallest absolute Gasteiger partial charge is 0.328 e. The predicted molar refractivity (Wildman–Crippen MR) is 141 cm³/mol. The van der Waals surface area contributed by atoms with Crippen molar-refractivity contribution < 1.29 is 27.5 Å². The van der Waals surface area contributed by atoms with E-state index in [1.807, 2.05) is 30.3 Å². The van der Waals surface area contributed by atoms with Crippen molar-refractivity contribution in [2.75, 3.05) is 38.0 Å². The van der Waals surface area contributed by atoms with Gasteiger partial charge in [-0.15, -0.1) is 0 Å². The number of ether oxygens (including phenoxy) is 2. The molecular weight excluding hydrogens is 490 g/mol. The van der Waals surface area contributed by atoms with E-state index in [-0.39, 0.29) is 43.2 Å². The van der Waals surface area contributed by atoms with Gasteiger partial charge in [0.1, 0.15) is 22.0 Å². The number of hydrogen-bond acceptors (Lipinski definition) is 9. The van der Waals surface area contributed by atoms with Crippen LogP contribution in [0.5, 0.6) is 0 Å². The number of thiol groups is 1.